The monoisotopic (exact) mass is 227 g/mol. The minimum absolute atomic E-state index is 0.121. The van der Waals surface area contributed by atoms with E-state index >= 15 is 0 Å². The van der Waals surface area contributed by atoms with Crippen molar-refractivity contribution in [3.63, 3.8) is 0 Å². The molecule has 2 nitrogen and oxygen atoms in total. The normalized spacial score (nSPS) is 31.5. The number of aliphatic hydroxyl groups is 1. The fourth-order valence-electron chi connectivity index (χ4n) is 4.42. The van der Waals surface area contributed by atoms with Crippen LogP contribution in [0.4, 0.5) is 0 Å². The number of hydrogen-bond acceptors (Lipinski definition) is 2. The van der Waals surface area contributed by atoms with Crippen molar-refractivity contribution >= 4 is 0 Å². The molecule has 1 rings (SSSR count). The van der Waals surface area contributed by atoms with Crippen molar-refractivity contribution < 1.29 is 5.11 Å². The highest BCUT2D eigenvalue weighted by Crippen LogP contribution is 2.62. The maximum absolute atomic E-state index is 10.7. The van der Waals surface area contributed by atoms with Gasteiger partial charge in [-0.15, -0.1) is 0 Å². The van der Waals surface area contributed by atoms with Gasteiger partial charge in [-0.3, -0.25) is 0 Å². The van der Waals surface area contributed by atoms with Gasteiger partial charge in [0.15, 0.2) is 0 Å². The molecule has 0 aromatic carbocycles. The largest absolute Gasteiger partial charge is 0.392 e. The van der Waals surface area contributed by atoms with Gasteiger partial charge in [-0.05, 0) is 39.8 Å². The quantitative estimate of drug-likeness (QED) is 0.780. The fraction of sp³-hybridized carbons (Fsp3) is 1.00. The van der Waals surface area contributed by atoms with Crippen molar-refractivity contribution in [1.29, 1.82) is 0 Å². The van der Waals surface area contributed by atoms with Crippen LogP contribution < -0.4 is 0 Å². The zero-order chi connectivity index (χ0) is 12.6. The van der Waals surface area contributed by atoms with Gasteiger partial charge in [-0.1, -0.05) is 27.7 Å². The van der Waals surface area contributed by atoms with Crippen LogP contribution in [0.15, 0.2) is 0 Å². The maximum Gasteiger partial charge on any atom is 0.0682 e. The lowest BCUT2D eigenvalue weighted by Gasteiger charge is -2.69. The summed E-state index contributed by atoms with van der Waals surface area (Å²) in [5.74, 6) is 0. The number of hydrogen-bond donors (Lipinski definition) is 1. The third-order valence-electron chi connectivity index (χ3n) is 5.33. The Hall–Kier alpha value is -0.0800. The van der Waals surface area contributed by atoms with Crippen LogP contribution in [0.5, 0.6) is 0 Å². The molecular weight excluding hydrogens is 198 g/mol. The number of aliphatic hydroxyl groups excluding tert-OH is 1. The summed E-state index contributed by atoms with van der Waals surface area (Å²) in [6.07, 6.45) is 4.19. The van der Waals surface area contributed by atoms with Crippen LogP contribution in [0.25, 0.3) is 0 Å². The molecule has 0 amide bonds. The average molecular weight is 227 g/mol. The molecule has 0 saturated heterocycles. The molecule has 0 aromatic heterocycles. The Morgan fingerprint density at radius 1 is 0.875 bits per heavy atom. The van der Waals surface area contributed by atoms with E-state index in [-0.39, 0.29) is 16.9 Å². The van der Waals surface area contributed by atoms with Crippen LogP contribution in [-0.4, -0.2) is 36.2 Å². The number of nitrogens with zero attached hydrogens (tertiary/aromatic N) is 1. The summed E-state index contributed by atoms with van der Waals surface area (Å²) in [6.45, 7) is 8.88. The van der Waals surface area contributed by atoms with Crippen molar-refractivity contribution in [3.05, 3.63) is 0 Å². The van der Waals surface area contributed by atoms with E-state index < -0.39 is 0 Å². The van der Waals surface area contributed by atoms with Gasteiger partial charge in [0.05, 0.1) is 6.10 Å². The van der Waals surface area contributed by atoms with E-state index in [1.165, 1.54) is 0 Å². The summed E-state index contributed by atoms with van der Waals surface area (Å²) in [6, 6.07) is 0.528. The SMILES string of the molecule is CCC1(CC)C(O)C(CC)(CC)C1N(C)C. The first-order valence-corrected chi connectivity index (χ1v) is 6.81. The molecule has 0 aliphatic heterocycles. The Kier molecular flexibility index (Phi) is 4.07. The molecule has 0 aromatic rings. The summed E-state index contributed by atoms with van der Waals surface area (Å²) in [7, 11) is 4.33. The van der Waals surface area contributed by atoms with Crippen LogP contribution in [0.2, 0.25) is 0 Å². The van der Waals surface area contributed by atoms with E-state index in [4.69, 9.17) is 0 Å². The Morgan fingerprint density at radius 3 is 1.38 bits per heavy atom. The van der Waals surface area contributed by atoms with Crippen LogP contribution >= 0.6 is 0 Å². The van der Waals surface area contributed by atoms with Crippen LogP contribution in [-0.2, 0) is 0 Å². The second kappa shape index (κ2) is 4.66. The maximum atomic E-state index is 10.7. The molecule has 1 saturated carbocycles. The molecule has 0 bridgehead atoms. The fourth-order valence-corrected chi connectivity index (χ4v) is 4.42. The van der Waals surface area contributed by atoms with Gasteiger partial charge in [0, 0.05) is 16.9 Å². The highest BCUT2D eigenvalue weighted by Gasteiger charge is 2.67. The van der Waals surface area contributed by atoms with Crippen LogP contribution in [0.3, 0.4) is 0 Å². The van der Waals surface area contributed by atoms with Gasteiger partial charge >= 0.3 is 0 Å². The molecule has 0 radical (unpaired) electrons. The highest BCUT2D eigenvalue weighted by atomic mass is 16.3. The van der Waals surface area contributed by atoms with E-state index in [9.17, 15) is 5.11 Å². The molecule has 1 aliphatic rings. The Morgan fingerprint density at radius 2 is 1.19 bits per heavy atom. The van der Waals surface area contributed by atoms with Gasteiger partial charge < -0.3 is 10.0 Å². The van der Waals surface area contributed by atoms with Crippen molar-refractivity contribution in [3.8, 4) is 0 Å². The Bertz CT molecular complexity index is 209. The summed E-state index contributed by atoms with van der Waals surface area (Å²) < 4.78 is 0. The first-order chi connectivity index (χ1) is 7.46. The molecule has 2 heteroatoms. The molecule has 0 heterocycles. The lowest BCUT2D eigenvalue weighted by molar-refractivity contribution is -0.251. The summed E-state index contributed by atoms with van der Waals surface area (Å²) >= 11 is 0. The molecule has 1 aliphatic carbocycles. The van der Waals surface area contributed by atoms with E-state index in [1.807, 2.05) is 0 Å². The third kappa shape index (κ3) is 1.46. The summed E-state index contributed by atoms with van der Waals surface area (Å²) in [5.41, 5.74) is 0.241. The lowest BCUT2D eigenvalue weighted by Crippen LogP contribution is -2.75. The molecule has 0 atom stereocenters. The number of rotatable bonds is 5. The standard InChI is InChI=1S/C14H29NO/c1-7-13(8-2)11(15(5)6)14(9-3,10-4)12(13)16/h11-12,16H,7-10H2,1-6H3. The van der Waals surface area contributed by atoms with Crippen LogP contribution in [0, 0.1) is 10.8 Å². The van der Waals surface area contributed by atoms with Gasteiger partial charge in [-0.2, -0.15) is 0 Å². The van der Waals surface area contributed by atoms with Gasteiger partial charge in [0.25, 0.3) is 0 Å². The zero-order valence-corrected chi connectivity index (χ0v) is 11.9. The second-order valence-electron chi connectivity index (χ2n) is 5.65. The smallest absolute Gasteiger partial charge is 0.0682 e. The Labute approximate surface area is 101 Å². The molecular formula is C14H29NO. The summed E-state index contributed by atoms with van der Waals surface area (Å²) in [5, 5.41) is 10.7. The Balaban J connectivity index is 3.10. The van der Waals surface area contributed by atoms with Gasteiger partial charge in [-0.25, -0.2) is 0 Å². The topological polar surface area (TPSA) is 23.5 Å². The van der Waals surface area contributed by atoms with E-state index in [2.05, 4.69) is 46.7 Å². The predicted octanol–water partition coefficient (Wildman–Crippen LogP) is 2.90. The lowest BCUT2D eigenvalue weighted by atomic mass is 9.42. The second-order valence-corrected chi connectivity index (χ2v) is 5.65. The van der Waals surface area contributed by atoms with Crippen molar-refractivity contribution in [1.82, 2.24) is 4.90 Å². The predicted molar refractivity (Wildman–Crippen MR) is 69.5 cm³/mol. The molecule has 1 fully saturated rings. The van der Waals surface area contributed by atoms with Gasteiger partial charge in [0.1, 0.15) is 0 Å². The van der Waals surface area contributed by atoms with E-state index in [0.717, 1.165) is 25.7 Å². The summed E-state index contributed by atoms with van der Waals surface area (Å²) in [4.78, 5) is 2.34. The first-order valence-electron chi connectivity index (χ1n) is 6.81. The molecule has 96 valence electrons. The van der Waals surface area contributed by atoms with Crippen molar-refractivity contribution in [2.45, 2.75) is 65.5 Å². The van der Waals surface area contributed by atoms with Crippen LogP contribution in [0.1, 0.15) is 53.4 Å². The molecule has 1 N–H and O–H groups in total. The van der Waals surface area contributed by atoms with Gasteiger partial charge in [0.2, 0.25) is 0 Å². The molecule has 16 heavy (non-hydrogen) atoms. The van der Waals surface area contributed by atoms with E-state index in [1.54, 1.807) is 0 Å². The molecule has 0 spiro atoms. The highest BCUT2D eigenvalue weighted by molar-refractivity contribution is 5.19. The average Bonchev–Trinajstić information content (AvgIpc) is 2.28. The minimum Gasteiger partial charge on any atom is -0.392 e. The van der Waals surface area contributed by atoms with E-state index in [0.29, 0.717) is 6.04 Å². The molecule has 0 unspecified atom stereocenters. The first kappa shape index (κ1) is 14.0. The third-order valence-corrected chi connectivity index (χ3v) is 5.33. The van der Waals surface area contributed by atoms with Crippen molar-refractivity contribution in [2.75, 3.05) is 14.1 Å². The zero-order valence-electron chi connectivity index (χ0n) is 11.9. The van der Waals surface area contributed by atoms with Crippen molar-refractivity contribution in [2.24, 2.45) is 10.8 Å². The minimum atomic E-state index is -0.127.